The van der Waals surface area contributed by atoms with Crippen molar-refractivity contribution in [3.8, 4) is 0 Å². The van der Waals surface area contributed by atoms with Gasteiger partial charge in [-0.3, -0.25) is 4.68 Å². The van der Waals surface area contributed by atoms with Crippen LogP contribution in [0.15, 0.2) is 6.20 Å². The van der Waals surface area contributed by atoms with Crippen molar-refractivity contribution in [2.75, 3.05) is 6.54 Å². The van der Waals surface area contributed by atoms with Gasteiger partial charge in [-0.15, -0.1) is 0 Å². The Morgan fingerprint density at radius 1 is 1.33 bits per heavy atom. The Labute approximate surface area is 111 Å². The Morgan fingerprint density at radius 3 is 2.78 bits per heavy atom. The molecule has 1 aliphatic rings. The second-order valence-corrected chi connectivity index (χ2v) is 5.92. The van der Waals surface area contributed by atoms with Gasteiger partial charge >= 0.3 is 0 Å². The number of hydrogen-bond donors (Lipinski definition) is 1. The van der Waals surface area contributed by atoms with Gasteiger partial charge < -0.3 is 5.32 Å². The first-order valence-electron chi connectivity index (χ1n) is 7.37. The minimum atomic E-state index is 0.616. The SMILES string of the molecule is CCNCc1cn(C2CCC(C)C(C)C2)nc1C. The highest BCUT2D eigenvalue weighted by Crippen LogP contribution is 2.36. The van der Waals surface area contributed by atoms with Crippen molar-refractivity contribution >= 4 is 0 Å². The predicted molar refractivity (Wildman–Crippen MR) is 75.6 cm³/mol. The summed E-state index contributed by atoms with van der Waals surface area (Å²) >= 11 is 0. The van der Waals surface area contributed by atoms with Gasteiger partial charge in [0.2, 0.25) is 0 Å². The minimum absolute atomic E-state index is 0.616. The molecule has 2 rings (SSSR count). The summed E-state index contributed by atoms with van der Waals surface area (Å²) in [4.78, 5) is 0. The average Bonchev–Trinajstić information content (AvgIpc) is 2.72. The summed E-state index contributed by atoms with van der Waals surface area (Å²) in [6.45, 7) is 11.0. The average molecular weight is 249 g/mol. The first-order valence-corrected chi connectivity index (χ1v) is 7.37. The predicted octanol–water partition coefficient (Wildman–Crippen LogP) is 3.30. The van der Waals surface area contributed by atoms with Gasteiger partial charge in [0, 0.05) is 18.3 Å². The van der Waals surface area contributed by atoms with E-state index in [-0.39, 0.29) is 0 Å². The second-order valence-electron chi connectivity index (χ2n) is 5.92. The van der Waals surface area contributed by atoms with Crippen molar-refractivity contribution < 1.29 is 0 Å². The van der Waals surface area contributed by atoms with Crippen LogP contribution in [0.1, 0.15) is 57.3 Å². The van der Waals surface area contributed by atoms with E-state index in [2.05, 4.69) is 43.9 Å². The molecule has 0 radical (unpaired) electrons. The van der Waals surface area contributed by atoms with E-state index in [1.54, 1.807) is 0 Å². The molecule has 1 N–H and O–H groups in total. The Morgan fingerprint density at radius 2 is 2.11 bits per heavy atom. The molecule has 0 aromatic carbocycles. The third kappa shape index (κ3) is 2.94. The normalized spacial score (nSPS) is 28.6. The van der Waals surface area contributed by atoms with Gasteiger partial charge in [-0.25, -0.2) is 0 Å². The van der Waals surface area contributed by atoms with Gasteiger partial charge in [0.05, 0.1) is 11.7 Å². The molecular weight excluding hydrogens is 222 g/mol. The summed E-state index contributed by atoms with van der Waals surface area (Å²) in [5.74, 6) is 1.70. The highest BCUT2D eigenvalue weighted by molar-refractivity contribution is 5.15. The summed E-state index contributed by atoms with van der Waals surface area (Å²) in [7, 11) is 0. The highest BCUT2D eigenvalue weighted by atomic mass is 15.3. The van der Waals surface area contributed by atoms with Gasteiger partial charge in [-0.1, -0.05) is 20.8 Å². The van der Waals surface area contributed by atoms with E-state index in [0.29, 0.717) is 6.04 Å². The van der Waals surface area contributed by atoms with Crippen LogP contribution < -0.4 is 5.32 Å². The Kier molecular flexibility index (Phi) is 4.44. The first-order chi connectivity index (χ1) is 8.61. The van der Waals surface area contributed by atoms with Crippen LogP contribution in [-0.4, -0.2) is 16.3 Å². The summed E-state index contributed by atoms with van der Waals surface area (Å²) in [5, 5.41) is 8.11. The molecule has 1 saturated carbocycles. The number of hydrogen-bond acceptors (Lipinski definition) is 2. The van der Waals surface area contributed by atoms with E-state index in [1.165, 1.54) is 30.5 Å². The lowest BCUT2D eigenvalue weighted by molar-refractivity contribution is 0.200. The highest BCUT2D eigenvalue weighted by Gasteiger charge is 2.26. The Balaban J connectivity index is 2.05. The topological polar surface area (TPSA) is 29.9 Å². The Hall–Kier alpha value is -0.830. The maximum atomic E-state index is 4.72. The molecule has 3 atom stereocenters. The molecule has 1 aromatic heterocycles. The molecule has 1 aliphatic carbocycles. The van der Waals surface area contributed by atoms with Gasteiger partial charge in [0.1, 0.15) is 0 Å². The first kappa shape index (κ1) is 13.6. The minimum Gasteiger partial charge on any atom is -0.313 e. The zero-order chi connectivity index (χ0) is 13.1. The number of rotatable bonds is 4. The monoisotopic (exact) mass is 249 g/mol. The zero-order valence-electron chi connectivity index (χ0n) is 12.2. The molecule has 18 heavy (non-hydrogen) atoms. The molecule has 0 amide bonds. The molecular formula is C15H27N3. The summed E-state index contributed by atoms with van der Waals surface area (Å²) in [5.41, 5.74) is 2.53. The third-order valence-corrected chi connectivity index (χ3v) is 4.53. The molecule has 3 heteroatoms. The van der Waals surface area contributed by atoms with Gasteiger partial charge in [0.25, 0.3) is 0 Å². The molecule has 1 heterocycles. The van der Waals surface area contributed by atoms with Crippen LogP contribution >= 0.6 is 0 Å². The van der Waals surface area contributed by atoms with Crippen LogP contribution in [0.25, 0.3) is 0 Å². The lowest BCUT2D eigenvalue weighted by atomic mass is 9.79. The standard InChI is InChI=1S/C15H27N3/c1-5-16-9-14-10-18(17-13(14)4)15-7-6-11(2)12(3)8-15/h10-12,15-16H,5-9H2,1-4H3. The molecule has 3 nitrogen and oxygen atoms in total. The number of nitrogens with zero attached hydrogens (tertiary/aromatic N) is 2. The number of nitrogens with one attached hydrogen (secondary N) is 1. The summed E-state index contributed by atoms with van der Waals surface area (Å²) < 4.78 is 2.23. The van der Waals surface area contributed by atoms with E-state index >= 15 is 0 Å². The molecule has 0 saturated heterocycles. The smallest absolute Gasteiger partial charge is 0.0638 e. The third-order valence-electron chi connectivity index (χ3n) is 4.53. The van der Waals surface area contributed by atoms with Crippen molar-refractivity contribution in [1.82, 2.24) is 15.1 Å². The largest absolute Gasteiger partial charge is 0.313 e. The van der Waals surface area contributed by atoms with Crippen molar-refractivity contribution in [1.29, 1.82) is 0 Å². The summed E-state index contributed by atoms with van der Waals surface area (Å²) in [6.07, 6.45) is 6.16. The molecule has 102 valence electrons. The van der Waals surface area contributed by atoms with Crippen molar-refractivity contribution in [2.24, 2.45) is 11.8 Å². The lowest BCUT2D eigenvalue weighted by Gasteiger charge is -2.32. The zero-order valence-corrected chi connectivity index (χ0v) is 12.2. The van der Waals surface area contributed by atoms with Crippen molar-refractivity contribution in [3.63, 3.8) is 0 Å². The number of aromatic nitrogens is 2. The van der Waals surface area contributed by atoms with Crippen LogP contribution in [0.5, 0.6) is 0 Å². The van der Waals surface area contributed by atoms with Crippen LogP contribution in [0, 0.1) is 18.8 Å². The van der Waals surface area contributed by atoms with E-state index < -0.39 is 0 Å². The van der Waals surface area contributed by atoms with Crippen LogP contribution in [0.2, 0.25) is 0 Å². The van der Waals surface area contributed by atoms with Gasteiger partial charge in [0.15, 0.2) is 0 Å². The number of aryl methyl sites for hydroxylation is 1. The molecule has 1 fully saturated rings. The van der Waals surface area contributed by atoms with Crippen molar-refractivity contribution in [2.45, 2.75) is 59.5 Å². The molecule has 0 bridgehead atoms. The molecule has 1 aromatic rings. The maximum absolute atomic E-state index is 4.72. The van der Waals surface area contributed by atoms with E-state index in [9.17, 15) is 0 Å². The fraction of sp³-hybridized carbons (Fsp3) is 0.800. The second kappa shape index (κ2) is 5.87. The molecule has 0 aliphatic heterocycles. The van der Waals surface area contributed by atoms with Crippen LogP contribution in [0.4, 0.5) is 0 Å². The Bertz CT molecular complexity index is 383. The van der Waals surface area contributed by atoms with E-state index in [1.807, 2.05) is 0 Å². The van der Waals surface area contributed by atoms with Crippen LogP contribution in [0.3, 0.4) is 0 Å². The van der Waals surface area contributed by atoms with E-state index in [0.717, 1.165) is 24.9 Å². The molecule has 3 unspecified atom stereocenters. The quantitative estimate of drug-likeness (QED) is 0.887. The van der Waals surface area contributed by atoms with Gasteiger partial charge in [-0.05, 0) is 44.6 Å². The fourth-order valence-corrected chi connectivity index (χ4v) is 2.90. The van der Waals surface area contributed by atoms with Crippen molar-refractivity contribution in [3.05, 3.63) is 17.5 Å². The fourth-order valence-electron chi connectivity index (χ4n) is 2.90. The van der Waals surface area contributed by atoms with Crippen LogP contribution in [-0.2, 0) is 6.54 Å². The maximum Gasteiger partial charge on any atom is 0.0638 e. The lowest BCUT2D eigenvalue weighted by Crippen LogP contribution is -2.23. The molecule has 0 spiro atoms. The summed E-state index contributed by atoms with van der Waals surface area (Å²) in [6, 6.07) is 0.616. The van der Waals surface area contributed by atoms with E-state index in [4.69, 9.17) is 5.10 Å². The van der Waals surface area contributed by atoms with Gasteiger partial charge in [-0.2, -0.15) is 5.10 Å².